The molecule has 5 bridgehead atoms. The minimum atomic E-state index is -4.15. The Morgan fingerprint density at radius 1 is 1.03 bits per heavy atom. The quantitative estimate of drug-likeness (QED) is 0.274. The normalized spacial score (nSPS) is 26.8. The van der Waals surface area contributed by atoms with Gasteiger partial charge in [0.25, 0.3) is 5.91 Å². The molecule has 0 radical (unpaired) electrons. The third kappa shape index (κ3) is 9.19. The third-order valence-corrected chi connectivity index (χ3v) is 13.1. The van der Waals surface area contributed by atoms with Crippen molar-refractivity contribution in [2.24, 2.45) is 11.3 Å². The second-order valence-electron chi connectivity index (χ2n) is 17.6. The summed E-state index contributed by atoms with van der Waals surface area (Å²) < 4.78 is 68.2. The molecule has 316 valence electrons. The Morgan fingerprint density at radius 3 is 2.42 bits per heavy atom. The Balaban J connectivity index is 1.28. The van der Waals surface area contributed by atoms with Crippen LogP contribution in [0.4, 0.5) is 13.6 Å². The summed E-state index contributed by atoms with van der Waals surface area (Å²) in [5, 5.41) is 4.34. The number of allylic oxidation sites excluding steroid dienone is 1. The number of ether oxygens (including phenoxy) is 2. The maximum atomic E-state index is 14.7. The van der Waals surface area contributed by atoms with E-state index in [0.29, 0.717) is 54.4 Å². The second kappa shape index (κ2) is 15.8. The van der Waals surface area contributed by atoms with Crippen LogP contribution in [0, 0.1) is 11.3 Å². The monoisotopic (exact) mass is 836 g/mol. The van der Waals surface area contributed by atoms with Gasteiger partial charge in [0, 0.05) is 12.0 Å². The molecule has 1 aromatic heterocycles. The second-order valence-corrected chi connectivity index (χ2v) is 19.6. The molecule has 4 aliphatic rings. The number of carbonyl (C=O) groups is 4. The summed E-state index contributed by atoms with van der Waals surface area (Å²) in [6.07, 6.45) is 1.01. The number of halogens is 2. The van der Waals surface area contributed by atoms with Gasteiger partial charge >= 0.3 is 6.09 Å². The lowest BCUT2D eigenvalue weighted by atomic mass is 9.85. The zero-order valence-electron chi connectivity index (χ0n) is 33.7. The van der Waals surface area contributed by atoms with E-state index in [2.05, 4.69) is 10.6 Å². The van der Waals surface area contributed by atoms with Gasteiger partial charge in [-0.25, -0.2) is 32.0 Å². The first-order chi connectivity index (χ1) is 27.8. The van der Waals surface area contributed by atoms with Gasteiger partial charge in [0.1, 0.15) is 35.0 Å². The summed E-state index contributed by atoms with van der Waals surface area (Å²) in [4.78, 5) is 67.1. The van der Waals surface area contributed by atoms with Gasteiger partial charge in [0.15, 0.2) is 0 Å². The van der Waals surface area contributed by atoms with Gasteiger partial charge in [-0.3, -0.25) is 19.1 Å². The molecule has 3 fully saturated rings. The molecule has 17 heteroatoms. The Hall–Kier alpha value is -5.19. The summed E-state index contributed by atoms with van der Waals surface area (Å²) >= 11 is 0. The predicted octanol–water partition coefficient (Wildman–Crippen LogP) is 5.51. The van der Waals surface area contributed by atoms with Crippen molar-refractivity contribution in [1.82, 2.24) is 30.2 Å². The van der Waals surface area contributed by atoms with E-state index in [-0.39, 0.29) is 18.8 Å². The highest BCUT2D eigenvalue weighted by atomic mass is 32.2. The minimum Gasteiger partial charge on any atom is -0.471 e. The summed E-state index contributed by atoms with van der Waals surface area (Å²) in [7, 11) is -4.15. The van der Waals surface area contributed by atoms with Gasteiger partial charge in [0.2, 0.25) is 34.1 Å². The van der Waals surface area contributed by atoms with Crippen molar-refractivity contribution in [2.45, 2.75) is 121 Å². The molecule has 3 heterocycles. The van der Waals surface area contributed by atoms with Gasteiger partial charge in [-0.05, 0) is 75.5 Å². The highest BCUT2D eigenvalue weighted by Gasteiger charge is 2.67. The van der Waals surface area contributed by atoms with Crippen LogP contribution in [-0.4, -0.2) is 94.6 Å². The number of hydrogen-bond acceptors (Lipinski definition) is 10. The molecule has 7 rings (SSSR count). The molecule has 2 aromatic carbocycles. The van der Waals surface area contributed by atoms with Gasteiger partial charge in [0.05, 0.1) is 28.7 Å². The van der Waals surface area contributed by atoms with Crippen LogP contribution in [0.25, 0.3) is 28.4 Å². The summed E-state index contributed by atoms with van der Waals surface area (Å²) in [6.45, 7) is 8.52. The smallest absolute Gasteiger partial charge is 0.408 e. The number of hydrogen-bond donors (Lipinski definition) is 3. The zero-order chi connectivity index (χ0) is 42.5. The number of alkyl carbamates (subject to hydrolysis) is 1. The molecule has 2 aliphatic carbocycles. The fourth-order valence-electron chi connectivity index (χ4n) is 7.73. The number of aromatic nitrogens is 2. The van der Waals surface area contributed by atoms with Crippen molar-refractivity contribution in [2.75, 3.05) is 6.54 Å². The van der Waals surface area contributed by atoms with Crippen molar-refractivity contribution in [3.63, 3.8) is 0 Å². The van der Waals surface area contributed by atoms with Crippen LogP contribution < -0.4 is 20.1 Å². The van der Waals surface area contributed by atoms with Gasteiger partial charge < -0.3 is 25.0 Å². The van der Waals surface area contributed by atoms with E-state index in [9.17, 15) is 36.4 Å². The summed E-state index contributed by atoms with van der Waals surface area (Å²) in [6, 6.07) is 12.2. The highest BCUT2D eigenvalue weighted by molar-refractivity contribution is 7.91. The molecule has 14 nitrogen and oxygen atoms in total. The number of nitrogens with zero attached hydrogens (tertiary/aromatic N) is 3. The number of benzene rings is 2. The van der Waals surface area contributed by atoms with E-state index >= 15 is 0 Å². The largest absolute Gasteiger partial charge is 0.471 e. The minimum absolute atomic E-state index is 0.120. The van der Waals surface area contributed by atoms with Crippen LogP contribution in [0.15, 0.2) is 54.6 Å². The molecule has 4 amide bonds. The maximum absolute atomic E-state index is 14.7. The van der Waals surface area contributed by atoms with Crippen LogP contribution in [0.2, 0.25) is 0 Å². The molecule has 0 unspecified atom stereocenters. The topological polar surface area (TPSA) is 186 Å². The molecule has 2 aliphatic heterocycles. The van der Waals surface area contributed by atoms with E-state index < -0.39 is 92.6 Å². The number of amides is 4. The van der Waals surface area contributed by atoms with E-state index in [1.165, 1.54) is 4.90 Å². The number of carbonyl (C=O) groups excluding carboxylic acids is 4. The van der Waals surface area contributed by atoms with Crippen LogP contribution >= 0.6 is 0 Å². The fourth-order valence-corrected chi connectivity index (χ4v) is 9.09. The van der Waals surface area contributed by atoms with Gasteiger partial charge in [-0.1, -0.05) is 69.3 Å². The molecule has 2 saturated carbocycles. The van der Waals surface area contributed by atoms with E-state index in [1.807, 2.05) is 65.4 Å². The number of nitrogens with one attached hydrogen (secondary N) is 3. The van der Waals surface area contributed by atoms with Crippen molar-refractivity contribution in [3.05, 3.63) is 60.2 Å². The SMILES string of the molecule is CC1(C)CCC/C=C/c2ccc3nc(-c4ccccc4)c(nc3c2)O[C@@H]2C[C@@H](C(=O)N[C@@]3(C(=O)NS(=O)(=O)C4CC4)C[C@H]3C(F)F)N(C2)C(=O)[C@H](C(C)(C)C)NC(=O)O1. The lowest BCUT2D eigenvalue weighted by molar-refractivity contribution is -0.143. The van der Waals surface area contributed by atoms with Crippen molar-refractivity contribution in [3.8, 4) is 17.1 Å². The Morgan fingerprint density at radius 2 is 1.76 bits per heavy atom. The van der Waals surface area contributed by atoms with E-state index in [1.54, 1.807) is 34.6 Å². The number of alkyl halides is 2. The average molecular weight is 837 g/mol. The van der Waals surface area contributed by atoms with Gasteiger partial charge in [-0.2, -0.15) is 0 Å². The number of cyclic esters (lactones) is 1. The Kier molecular flexibility index (Phi) is 11.2. The molecule has 0 spiro atoms. The van der Waals surface area contributed by atoms with E-state index in [4.69, 9.17) is 19.4 Å². The maximum Gasteiger partial charge on any atom is 0.408 e. The van der Waals surface area contributed by atoms with Crippen LogP contribution in [0.5, 0.6) is 5.88 Å². The Labute approximate surface area is 341 Å². The van der Waals surface area contributed by atoms with Crippen LogP contribution in [0.1, 0.15) is 85.1 Å². The number of sulfonamides is 1. The first-order valence-corrected chi connectivity index (χ1v) is 21.5. The summed E-state index contributed by atoms with van der Waals surface area (Å²) in [5.41, 5.74) is -0.988. The fraction of sp³-hybridized carbons (Fsp3) is 0.524. The first-order valence-electron chi connectivity index (χ1n) is 19.9. The average Bonchev–Trinajstić information content (AvgIpc) is 4.09. The van der Waals surface area contributed by atoms with Crippen molar-refractivity contribution in [1.29, 1.82) is 0 Å². The molecular formula is C42H50F2N6O8S. The third-order valence-electron chi connectivity index (χ3n) is 11.3. The van der Waals surface area contributed by atoms with Crippen molar-refractivity contribution < 1.29 is 45.9 Å². The molecule has 5 atom stereocenters. The van der Waals surface area contributed by atoms with Crippen LogP contribution in [-0.2, 0) is 29.1 Å². The van der Waals surface area contributed by atoms with Gasteiger partial charge in [-0.15, -0.1) is 0 Å². The molecule has 59 heavy (non-hydrogen) atoms. The lowest BCUT2D eigenvalue weighted by Gasteiger charge is -2.36. The summed E-state index contributed by atoms with van der Waals surface area (Å²) in [5.74, 6) is -4.46. The van der Waals surface area contributed by atoms with Crippen molar-refractivity contribution >= 4 is 50.9 Å². The molecule has 1 saturated heterocycles. The standard InChI is InChI=1S/C42H50F2N6O8S/c1-40(2,3)33-37(52)50-23-26(21-31(50)35(51)48-42(22-28(42)34(43)44)38(53)49-59(55,56)27-16-17-27)57-36-32(25-13-9-6-10-14-25)45-29-18-15-24(20-30(29)46-36)12-8-7-11-19-41(4,5)58-39(54)47-33/h6,8-10,12-15,18,20,26-28,31,33-34H,7,11,16-17,19,21-23H2,1-5H3,(H,47,54)(H,48,51)(H,49,53)/b12-8+/t26-,28+,31+,33-,42+/m1/s1. The van der Waals surface area contributed by atoms with E-state index in [0.717, 1.165) is 5.56 Å². The molecule has 3 aromatic rings. The number of rotatable bonds is 7. The number of fused-ring (bicyclic) bond motifs is 4. The first kappa shape index (κ1) is 42.0. The van der Waals surface area contributed by atoms with Crippen LogP contribution in [0.3, 0.4) is 0 Å². The highest BCUT2D eigenvalue weighted by Crippen LogP contribution is 2.48. The molecule has 3 N–H and O–H groups in total. The predicted molar refractivity (Wildman–Crippen MR) is 214 cm³/mol. The molecular weight excluding hydrogens is 787 g/mol. The zero-order valence-corrected chi connectivity index (χ0v) is 34.5. The lowest BCUT2D eigenvalue weighted by Crippen LogP contribution is -2.60. The Bertz CT molecular complexity index is 2280.